The number of non-ortho nitro benzene ring substituents is 1. The Morgan fingerprint density at radius 2 is 2.09 bits per heavy atom. The summed E-state index contributed by atoms with van der Waals surface area (Å²) in [6.45, 7) is 0.0753. The predicted octanol–water partition coefficient (Wildman–Crippen LogP) is 1.59. The summed E-state index contributed by atoms with van der Waals surface area (Å²) < 4.78 is 27.4. The van der Waals surface area contributed by atoms with Gasteiger partial charge in [-0.1, -0.05) is 0 Å². The molecule has 9 nitrogen and oxygen atoms in total. The number of hydrogen-bond acceptors (Lipinski definition) is 6. The van der Waals surface area contributed by atoms with E-state index in [-0.39, 0.29) is 41.4 Å². The Kier molecular flexibility index (Phi) is 4.55. The van der Waals surface area contributed by atoms with E-state index in [0.717, 1.165) is 6.26 Å². The molecule has 0 aliphatic carbocycles. The van der Waals surface area contributed by atoms with Gasteiger partial charge in [0.15, 0.2) is 0 Å². The highest BCUT2D eigenvalue weighted by molar-refractivity contribution is 7.90. The molecule has 0 aliphatic heterocycles. The van der Waals surface area contributed by atoms with Crippen molar-refractivity contribution in [3.05, 3.63) is 34.0 Å². The van der Waals surface area contributed by atoms with Crippen LogP contribution >= 0.6 is 0 Å². The van der Waals surface area contributed by atoms with Crippen LogP contribution in [0.25, 0.3) is 10.9 Å². The highest BCUT2D eigenvalue weighted by Crippen LogP contribution is 2.31. The van der Waals surface area contributed by atoms with Gasteiger partial charge in [-0.05, 0) is 18.6 Å². The monoisotopic (exact) mass is 342 g/mol. The molecule has 2 N–H and O–H groups in total. The number of aromatic carboxylic acids is 1. The normalized spacial score (nSPS) is 11.5. The lowest BCUT2D eigenvalue weighted by Crippen LogP contribution is -2.08. The number of benzene rings is 1. The summed E-state index contributed by atoms with van der Waals surface area (Å²) in [5.41, 5.74) is -0.388. The highest BCUT2D eigenvalue weighted by Gasteiger charge is 2.19. The minimum Gasteiger partial charge on any atom is -0.493 e. The van der Waals surface area contributed by atoms with Crippen LogP contribution in [0.2, 0.25) is 0 Å². The summed E-state index contributed by atoms with van der Waals surface area (Å²) in [7, 11) is -3.10. The zero-order valence-electron chi connectivity index (χ0n) is 12.1. The number of sulfone groups is 1. The first-order valence-corrected chi connectivity index (χ1v) is 8.58. The van der Waals surface area contributed by atoms with Gasteiger partial charge in [-0.25, -0.2) is 13.2 Å². The Hall–Kier alpha value is -2.62. The summed E-state index contributed by atoms with van der Waals surface area (Å²) in [6.07, 6.45) is 1.36. The fourth-order valence-electron chi connectivity index (χ4n) is 2.05. The number of H-pyrrole nitrogens is 1. The Balaban J connectivity index is 2.27. The number of carboxylic acid groups (broad SMARTS) is 1. The highest BCUT2D eigenvalue weighted by atomic mass is 32.2. The lowest BCUT2D eigenvalue weighted by molar-refractivity contribution is -0.383. The summed E-state index contributed by atoms with van der Waals surface area (Å²) in [5.74, 6) is -1.11. The molecule has 0 amide bonds. The van der Waals surface area contributed by atoms with E-state index in [2.05, 4.69) is 4.98 Å². The van der Waals surface area contributed by atoms with Gasteiger partial charge in [0.1, 0.15) is 26.8 Å². The van der Waals surface area contributed by atoms with Crippen molar-refractivity contribution in [2.75, 3.05) is 18.6 Å². The van der Waals surface area contributed by atoms with Crippen LogP contribution in [0.1, 0.15) is 16.9 Å². The second-order valence-corrected chi connectivity index (χ2v) is 7.24. The molecule has 0 saturated heterocycles. The van der Waals surface area contributed by atoms with Crippen LogP contribution in [0.15, 0.2) is 18.2 Å². The van der Waals surface area contributed by atoms with E-state index in [4.69, 9.17) is 9.84 Å². The average Bonchev–Trinajstić information content (AvgIpc) is 2.85. The maximum Gasteiger partial charge on any atom is 0.352 e. The van der Waals surface area contributed by atoms with E-state index in [1.54, 1.807) is 0 Å². The topological polar surface area (TPSA) is 140 Å². The fraction of sp³-hybridized carbons (Fsp3) is 0.308. The quantitative estimate of drug-likeness (QED) is 0.442. The SMILES string of the molecule is CS(=O)(=O)CCCOc1cc([N+](=O)[O-])c2[nH]c(C(=O)O)cc2c1. The number of ether oxygens (including phenoxy) is 1. The van der Waals surface area contributed by atoms with E-state index in [1.165, 1.54) is 18.2 Å². The number of aromatic nitrogens is 1. The number of nitrogens with zero attached hydrogens (tertiary/aromatic N) is 1. The summed E-state index contributed by atoms with van der Waals surface area (Å²) in [6, 6.07) is 3.91. The van der Waals surface area contributed by atoms with Crippen molar-refractivity contribution < 1.29 is 28.0 Å². The molecule has 0 fully saturated rings. The van der Waals surface area contributed by atoms with Gasteiger partial charge in [-0.3, -0.25) is 10.1 Å². The Bertz CT molecular complexity index is 870. The lowest BCUT2D eigenvalue weighted by Gasteiger charge is -2.06. The first kappa shape index (κ1) is 16.7. The third-order valence-corrected chi connectivity index (χ3v) is 4.07. The van der Waals surface area contributed by atoms with Crippen LogP contribution in [-0.4, -0.2) is 48.0 Å². The molecule has 10 heteroatoms. The maximum absolute atomic E-state index is 11.1. The second kappa shape index (κ2) is 6.24. The Morgan fingerprint density at radius 3 is 2.65 bits per heavy atom. The smallest absolute Gasteiger partial charge is 0.352 e. The molecule has 0 unspecified atom stereocenters. The van der Waals surface area contributed by atoms with Gasteiger partial charge in [0.2, 0.25) is 0 Å². The van der Waals surface area contributed by atoms with E-state index < -0.39 is 20.7 Å². The van der Waals surface area contributed by atoms with Crippen molar-refractivity contribution in [3.8, 4) is 5.75 Å². The molecular formula is C13H14N2O7S. The van der Waals surface area contributed by atoms with E-state index in [9.17, 15) is 23.3 Å². The van der Waals surface area contributed by atoms with Crippen molar-refractivity contribution in [1.82, 2.24) is 4.98 Å². The molecular weight excluding hydrogens is 328 g/mol. The Morgan fingerprint density at radius 1 is 1.39 bits per heavy atom. The number of nitrogens with one attached hydrogen (secondary N) is 1. The number of carbonyl (C=O) groups is 1. The Labute approximate surface area is 130 Å². The van der Waals surface area contributed by atoms with Crippen molar-refractivity contribution in [2.45, 2.75) is 6.42 Å². The first-order chi connectivity index (χ1) is 10.7. The largest absolute Gasteiger partial charge is 0.493 e. The molecule has 0 aliphatic rings. The molecule has 1 heterocycles. The standard InChI is InChI=1S/C13H14N2O7S/c1-23(20,21)4-2-3-22-9-5-8-6-10(13(16)17)14-12(8)11(7-9)15(18)19/h5-7,14H,2-4H2,1H3,(H,16,17). The van der Waals surface area contributed by atoms with Crippen LogP contribution in [0, 0.1) is 10.1 Å². The summed E-state index contributed by atoms with van der Waals surface area (Å²) in [5, 5.41) is 20.4. The minimum atomic E-state index is -3.10. The summed E-state index contributed by atoms with van der Waals surface area (Å²) in [4.78, 5) is 23.9. The number of carboxylic acids is 1. The maximum atomic E-state index is 11.1. The number of nitro benzene ring substituents is 1. The third-order valence-electron chi connectivity index (χ3n) is 3.04. The molecule has 2 rings (SSSR count). The minimum absolute atomic E-state index is 0.0509. The van der Waals surface area contributed by atoms with Crippen LogP contribution in [0.5, 0.6) is 5.75 Å². The van der Waals surface area contributed by atoms with Gasteiger partial charge in [0, 0.05) is 11.6 Å². The van der Waals surface area contributed by atoms with Gasteiger partial charge in [-0.15, -0.1) is 0 Å². The number of hydrogen-bond donors (Lipinski definition) is 2. The number of nitro groups is 1. The van der Waals surface area contributed by atoms with Crippen LogP contribution in [0.4, 0.5) is 5.69 Å². The number of fused-ring (bicyclic) bond motifs is 1. The van der Waals surface area contributed by atoms with Crippen molar-refractivity contribution in [1.29, 1.82) is 0 Å². The van der Waals surface area contributed by atoms with Crippen molar-refractivity contribution in [3.63, 3.8) is 0 Å². The van der Waals surface area contributed by atoms with Crippen LogP contribution in [-0.2, 0) is 9.84 Å². The summed E-state index contributed by atoms with van der Waals surface area (Å²) >= 11 is 0. The molecule has 0 spiro atoms. The average molecular weight is 342 g/mol. The molecule has 1 aromatic heterocycles. The lowest BCUT2D eigenvalue weighted by atomic mass is 10.2. The zero-order valence-corrected chi connectivity index (χ0v) is 12.9. The van der Waals surface area contributed by atoms with E-state index in [0.29, 0.717) is 5.39 Å². The van der Waals surface area contributed by atoms with E-state index in [1.807, 2.05) is 0 Å². The van der Waals surface area contributed by atoms with Gasteiger partial charge < -0.3 is 14.8 Å². The molecule has 0 saturated carbocycles. The molecule has 1 aromatic carbocycles. The fourth-order valence-corrected chi connectivity index (χ4v) is 2.69. The van der Waals surface area contributed by atoms with Gasteiger partial charge >= 0.3 is 5.97 Å². The van der Waals surface area contributed by atoms with Crippen LogP contribution < -0.4 is 4.74 Å². The van der Waals surface area contributed by atoms with Gasteiger partial charge in [-0.2, -0.15) is 0 Å². The first-order valence-electron chi connectivity index (χ1n) is 6.52. The van der Waals surface area contributed by atoms with Gasteiger partial charge in [0.05, 0.1) is 23.3 Å². The van der Waals surface area contributed by atoms with E-state index >= 15 is 0 Å². The molecule has 124 valence electrons. The molecule has 23 heavy (non-hydrogen) atoms. The van der Waals surface area contributed by atoms with Crippen molar-refractivity contribution >= 4 is 32.4 Å². The molecule has 0 bridgehead atoms. The van der Waals surface area contributed by atoms with Gasteiger partial charge in [0.25, 0.3) is 5.69 Å². The zero-order chi connectivity index (χ0) is 17.2. The van der Waals surface area contributed by atoms with Crippen molar-refractivity contribution in [2.24, 2.45) is 0 Å². The third kappa shape index (κ3) is 4.19. The number of rotatable bonds is 7. The molecule has 0 atom stereocenters. The van der Waals surface area contributed by atoms with Crippen LogP contribution in [0.3, 0.4) is 0 Å². The molecule has 0 radical (unpaired) electrons. The predicted molar refractivity (Wildman–Crippen MR) is 81.7 cm³/mol. The molecule has 2 aromatic rings. The second-order valence-electron chi connectivity index (χ2n) is 4.98. The number of aromatic amines is 1.